The Morgan fingerprint density at radius 3 is 3.00 bits per heavy atom. The van der Waals surface area contributed by atoms with Crippen LogP contribution in [0.3, 0.4) is 0 Å². The van der Waals surface area contributed by atoms with Gasteiger partial charge in [0.1, 0.15) is 5.52 Å². The van der Waals surface area contributed by atoms with Gasteiger partial charge in [-0.1, -0.05) is 0 Å². The molecule has 5 nitrogen and oxygen atoms in total. The maximum Gasteiger partial charge on any atom is 0.254 e. The van der Waals surface area contributed by atoms with Crippen molar-refractivity contribution in [3.8, 4) is 0 Å². The normalized spacial score (nSPS) is 10.3. The number of nitrogens with one attached hydrogen (secondary N) is 1. The van der Waals surface area contributed by atoms with Crippen molar-refractivity contribution < 1.29 is 4.79 Å². The van der Waals surface area contributed by atoms with Crippen LogP contribution in [-0.4, -0.2) is 28.1 Å². The Labute approximate surface area is 86.5 Å². The van der Waals surface area contributed by atoms with Gasteiger partial charge in [-0.2, -0.15) is 5.10 Å². The Morgan fingerprint density at radius 2 is 2.27 bits per heavy atom. The molecule has 0 atom stereocenters. The summed E-state index contributed by atoms with van der Waals surface area (Å²) >= 11 is 0. The third kappa shape index (κ3) is 1.52. The maximum absolute atomic E-state index is 11.5. The summed E-state index contributed by atoms with van der Waals surface area (Å²) in [5.41, 5.74) is 1.88. The molecule has 0 unspecified atom stereocenters. The number of aryl methyl sites for hydroxylation is 1. The molecule has 0 saturated carbocycles. The zero-order valence-corrected chi connectivity index (χ0v) is 8.48. The zero-order valence-electron chi connectivity index (χ0n) is 8.48. The minimum Gasteiger partial charge on any atom is -0.355 e. The Kier molecular flexibility index (Phi) is 2.29. The van der Waals surface area contributed by atoms with Gasteiger partial charge in [-0.05, 0) is 13.0 Å². The monoisotopic (exact) mass is 202 g/mol. The van der Waals surface area contributed by atoms with Crippen LogP contribution in [0.1, 0.15) is 16.1 Å². The first-order valence-corrected chi connectivity index (χ1v) is 4.53. The van der Waals surface area contributed by atoms with Gasteiger partial charge in [0.25, 0.3) is 5.91 Å². The van der Waals surface area contributed by atoms with Gasteiger partial charge in [-0.15, -0.1) is 5.10 Å². The number of hydrogen-bond acceptors (Lipinski definition) is 4. The van der Waals surface area contributed by atoms with E-state index in [1.165, 1.54) is 6.20 Å². The molecule has 2 aromatic heterocycles. The van der Waals surface area contributed by atoms with E-state index in [1.807, 2.05) is 6.92 Å². The highest BCUT2D eigenvalue weighted by Gasteiger charge is 2.11. The number of pyridine rings is 1. The van der Waals surface area contributed by atoms with Gasteiger partial charge >= 0.3 is 0 Å². The molecule has 0 bridgehead atoms. The molecule has 0 aliphatic heterocycles. The average Bonchev–Trinajstić information content (AvgIpc) is 2.29. The second kappa shape index (κ2) is 3.61. The quantitative estimate of drug-likeness (QED) is 0.738. The van der Waals surface area contributed by atoms with Crippen molar-refractivity contribution in [3.63, 3.8) is 0 Å². The van der Waals surface area contributed by atoms with E-state index >= 15 is 0 Å². The number of aromatic nitrogens is 3. The molecule has 0 aromatic carbocycles. The number of amides is 1. The number of fused-ring (bicyclic) bond motifs is 1. The lowest BCUT2D eigenvalue weighted by molar-refractivity contribution is 0.0964. The summed E-state index contributed by atoms with van der Waals surface area (Å²) < 4.78 is 0. The van der Waals surface area contributed by atoms with E-state index < -0.39 is 0 Å². The largest absolute Gasteiger partial charge is 0.355 e. The zero-order chi connectivity index (χ0) is 10.8. The summed E-state index contributed by atoms with van der Waals surface area (Å²) in [6.45, 7) is 1.87. The third-order valence-corrected chi connectivity index (χ3v) is 2.22. The van der Waals surface area contributed by atoms with Crippen LogP contribution < -0.4 is 5.32 Å². The van der Waals surface area contributed by atoms with E-state index in [0.29, 0.717) is 11.1 Å². The molecule has 0 aliphatic carbocycles. The van der Waals surface area contributed by atoms with Gasteiger partial charge in [-0.25, -0.2) is 0 Å². The number of nitrogens with zero attached hydrogens (tertiary/aromatic N) is 3. The Balaban J connectivity index is 2.77. The molecule has 0 radical (unpaired) electrons. The summed E-state index contributed by atoms with van der Waals surface area (Å²) in [6.07, 6.45) is 3.11. The Hall–Kier alpha value is -2.04. The van der Waals surface area contributed by atoms with Crippen molar-refractivity contribution >= 4 is 16.8 Å². The lowest BCUT2D eigenvalue weighted by Gasteiger charge is -2.04. The molecule has 2 aromatic rings. The highest BCUT2D eigenvalue weighted by molar-refractivity contribution is 6.05. The van der Waals surface area contributed by atoms with Crippen molar-refractivity contribution in [2.24, 2.45) is 0 Å². The van der Waals surface area contributed by atoms with Gasteiger partial charge in [0.2, 0.25) is 0 Å². The van der Waals surface area contributed by atoms with E-state index in [9.17, 15) is 4.79 Å². The molecule has 0 aliphatic rings. The molecule has 2 rings (SSSR count). The maximum atomic E-state index is 11.5. The van der Waals surface area contributed by atoms with Crippen molar-refractivity contribution in [2.75, 3.05) is 7.05 Å². The molecule has 0 fully saturated rings. The van der Waals surface area contributed by atoms with E-state index in [0.717, 1.165) is 11.1 Å². The van der Waals surface area contributed by atoms with Crippen molar-refractivity contribution in [3.05, 3.63) is 29.7 Å². The fraction of sp³-hybridized carbons (Fsp3) is 0.200. The average molecular weight is 202 g/mol. The summed E-state index contributed by atoms with van der Waals surface area (Å²) in [7, 11) is 1.57. The summed E-state index contributed by atoms with van der Waals surface area (Å²) in [6, 6.07) is 1.80. The van der Waals surface area contributed by atoms with Crippen LogP contribution in [0.25, 0.3) is 10.9 Å². The Bertz CT molecular complexity index is 524. The topological polar surface area (TPSA) is 67.8 Å². The molecular weight excluding hydrogens is 192 g/mol. The lowest BCUT2D eigenvalue weighted by Crippen LogP contribution is -2.19. The van der Waals surface area contributed by atoms with Crippen LogP contribution in [0.4, 0.5) is 0 Å². The highest BCUT2D eigenvalue weighted by atomic mass is 16.1. The third-order valence-electron chi connectivity index (χ3n) is 2.22. The second-order valence-corrected chi connectivity index (χ2v) is 3.13. The molecule has 0 saturated heterocycles. The Morgan fingerprint density at radius 1 is 1.47 bits per heavy atom. The van der Waals surface area contributed by atoms with E-state index in [4.69, 9.17) is 0 Å². The fourth-order valence-electron chi connectivity index (χ4n) is 1.42. The summed E-state index contributed by atoms with van der Waals surface area (Å²) in [4.78, 5) is 15.7. The number of hydrogen-bond donors (Lipinski definition) is 1. The highest BCUT2D eigenvalue weighted by Crippen LogP contribution is 2.16. The lowest BCUT2D eigenvalue weighted by atomic mass is 10.1. The van der Waals surface area contributed by atoms with Gasteiger partial charge in [-0.3, -0.25) is 9.78 Å². The molecule has 15 heavy (non-hydrogen) atoms. The fourth-order valence-corrected chi connectivity index (χ4v) is 1.42. The van der Waals surface area contributed by atoms with Crippen LogP contribution in [0.5, 0.6) is 0 Å². The van der Waals surface area contributed by atoms with E-state index in [2.05, 4.69) is 20.5 Å². The van der Waals surface area contributed by atoms with Crippen molar-refractivity contribution in [2.45, 2.75) is 6.92 Å². The standard InChI is InChI=1S/C10H10N4O/c1-6-7-3-4-13-14-9(7)8(5-12-6)10(15)11-2/h3-5H,1-2H3,(H,11,15). The molecule has 2 heterocycles. The molecule has 5 heteroatoms. The first-order valence-electron chi connectivity index (χ1n) is 4.53. The second-order valence-electron chi connectivity index (χ2n) is 3.13. The molecule has 1 amide bonds. The van der Waals surface area contributed by atoms with Crippen LogP contribution in [0, 0.1) is 6.92 Å². The van der Waals surface area contributed by atoms with Gasteiger partial charge < -0.3 is 5.32 Å². The van der Waals surface area contributed by atoms with Crippen molar-refractivity contribution in [1.82, 2.24) is 20.5 Å². The van der Waals surface area contributed by atoms with Crippen LogP contribution in [0.15, 0.2) is 18.5 Å². The van der Waals surface area contributed by atoms with E-state index in [1.54, 1.807) is 19.3 Å². The molecule has 1 N–H and O–H groups in total. The minimum absolute atomic E-state index is 0.201. The van der Waals surface area contributed by atoms with Crippen molar-refractivity contribution in [1.29, 1.82) is 0 Å². The minimum atomic E-state index is -0.201. The predicted molar refractivity (Wildman–Crippen MR) is 55.5 cm³/mol. The molecular formula is C10H10N4O. The summed E-state index contributed by atoms with van der Waals surface area (Å²) in [5.74, 6) is -0.201. The first kappa shape index (κ1) is 9.51. The smallest absolute Gasteiger partial charge is 0.254 e. The first-order chi connectivity index (χ1) is 7.24. The van der Waals surface area contributed by atoms with Gasteiger partial charge in [0.05, 0.1) is 11.8 Å². The SMILES string of the molecule is CNC(=O)c1cnc(C)c2ccnnc12. The number of carbonyl (C=O) groups excluding carboxylic acids is 1. The van der Waals surface area contributed by atoms with Crippen LogP contribution in [-0.2, 0) is 0 Å². The molecule has 76 valence electrons. The number of carbonyl (C=O) groups is 1. The van der Waals surface area contributed by atoms with Crippen LogP contribution >= 0.6 is 0 Å². The van der Waals surface area contributed by atoms with E-state index in [-0.39, 0.29) is 5.91 Å². The molecule has 0 spiro atoms. The predicted octanol–water partition coefficient (Wildman–Crippen LogP) is 0.693. The van der Waals surface area contributed by atoms with Crippen LogP contribution in [0.2, 0.25) is 0 Å². The van der Waals surface area contributed by atoms with Gasteiger partial charge in [0, 0.05) is 24.3 Å². The number of rotatable bonds is 1. The summed E-state index contributed by atoms with van der Waals surface area (Å²) in [5, 5.41) is 11.1. The van der Waals surface area contributed by atoms with Gasteiger partial charge in [0.15, 0.2) is 0 Å².